The maximum absolute atomic E-state index is 10.6. The molecule has 0 fully saturated rings. The van der Waals surface area contributed by atoms with Crippen LogP contribution >= 0.6 is 0 Å². The van der Waals surface area contributed by atoms with Gasteiger partial charge in [-0.3, -0.25) is 4.68 Å². The van der Waals surface area contributed by atoms with Crippen molar-refractivity contribution >= 4 is 5.97 Å². The molecule has 0 amide bonds. The highest BCUT2D eigenvalue weighted by atomic mass is 16.5. The third kappa shape index (κ3) is 2.72. The molecule has 0 bridgehead atoms. The number of aryl methyl sites for hydroxylation is 2. The largest absolute Gasteiger partial charge is 0.488 e. The highest BCUT2D eigenvalue weighted by Crippen LogP contribution is 2.21. The first-order valence-electron chi connectivity index (χ1n) is 5.75. The summed E-state index contributed by atoms with van der Waals surface area (Å²) in [6.07, 6.45) is 1.37. The number of hydrogen-bond donors (Lipinski definition) is 1. The lowest BCUT2D eigenvalue weighted by molar-refractivity contribution is 0.0690. The highest BCUT2D eigenvalue weighted by Gasteiger charge is 2.11. The van der Waals surface area contributed by atoms with Crippen LogP contribution in [0.2, 0.25) is 0 Å². The van der Waals surface area contributed by atoms with Crippen molar-refractivity contribution in [3.8, 4) is 5.75 Å². The minimum Gasteiger partial charge on any atom is -0.488 e. The molecule has 2 heterocycles. The predicted octanol–water partition coefficient (Wildman–Crippen LogP) is 0.406. The number of carboxylic acids is 1. The molecule has 8 heteroatoms. The van der Waals surface area contributed by atoms with Gasteiger partial charge in [0.2, 0.25) is 0 Å². The van der Waals surface area contributed by atoms with Crippen LogP contribution in [0.1, 0.15) is 21.9 Å². The van der Waals surface area contributed by atoms with Gasteiger partial charge in [-0.1, -0.05) is 5.21 Å². The van der Waals surface area contributed by atoms with E-state index < -0.39 is 5.97 Å². The van der Waals surface area contributed by atoms with Crippen molar-refractivity contribution in [3.05, 3.63) is 23.3 Å². The molecular weight excluding hydrogens is 250 g/mol. The molecule has 0 aliphatic carbocycles. The Morgan fingerprint density at radius 1 is 1.47 bits per heavy atom. The molecule has 0 aromatic carbocycles. The third-order valence-corrected chi connectivity index (χ3v) is 2.77. The summed E-state index contributed by atoms with van der Waals surface area (Å²) >= 11 is 0. The SMILES string of the molecule is Cc1nn(C)c(C)c1OCCn1cc(C(=O)O)nn1. The topological polar surface area (TPSA) is 95.1 Å². The van der Waals surface area contributed by atoms with Gasteiger partial charge in [0, 0.05) is 7.05 Å². The van der Waals surface area contributed by atoms with Gasteiger partial charge in [0.25, 0.3) is 0 Å². The van der Waals surface area contributed by atoms with Gasteiger partial charge < -0.3 is 9.84 Å². The van der Waals surface area contributed by atoms with Gasteiger partial charge in [-0.25, -0.2) is 9.48 Å². The molecule has 0 saturated heterocycles. The second-order valence-corrected chi connectivity index (χ2v) is 4.14. The van der Waals surface area contributed by atoms with Gasteiger partial charge in [0.15, 0.2) is 11.4 Å². The van der Waals surface area contributed by atoms with Crippen LogP contribution in [-0.2, 0) is 13.6 Å². The summed E-state index contributed by atoms with van der Waals surface area (Å²) in [6.45, 7) is 4.59. The Morgan fingerprint density at radius 2 is 2.21 bits per heavy atom. The van der Waals surface area contributed by atoms with E-state index in [2.05, 4.69) is 15.4 Å². The van der Waals surface area contributed by atoms with Crippen LogP contribution in [-0.4, -0.2) is 42.5 Å². The Bertz CT molecular complexity index is 601. The van der Waals surface area contributed by atoms with Crippen molar-refractivity contribution in [2.75, 3.05) is 6.61 Å². The smallest absolute Gasteiger partial charge is 0.358 e. The van der Waals surface area contributed by atoms with E-state index in [9.17, 15) is 4.79 Å². The van der Waals surface area contributed by atoms with Gasteiger partial charge in [0.1, 0.15) is 12.3 Å². The van der Waals surface area contributed by atoms with Crippen LogP contribution < -0.4 is 4.74 Å². The average Bonchev–Trinajstić information content (AvgIpc) is 2.90. The zero-order valence-corrected chi connectivity index (χ0v) is 11.0. The molecule has 0 atom stereocenters. The zero-order chi connectivity index (χ0) is 14.0. The predicted molar refractivity (Wildman–Crippen MR) is 65.2 cm³/mol. The fourth-order valence-corrected chi connectivity index (χ4v) is 1.71. The van der Waals surface area contributed by atoms with Crippen molar-refractivity contribution in [1.29, 1.82) is 0 Å². The van der Waals surface area contributed by atoms with Gasteiger partial charge >= 0.3 is 5.97 Å². The summed E-state index contributed by atoms with van der Waals surface area (Å²) in [7, 11) is 1.85. The quantitative estimate of drug-likeness (QED) is 0.841. The monoisotopic (exact) mass is 265 g/mol. The van der Waals surface area contributed by atoms with E-state index in [1.54, 1.807) is 4.68 Å². The Labute approximate surface area is 109 Å². The molecule has 8 nitrogen and oxygen atoms in total. The summed E-state index contributed by atoms with van der Waals surface area (Å²) in [5, 5.41) is 20.2. The molecule has 2 aromatic heterocycles. The Balaban J connectivity index is 1.94. The summed E-state index contributed by atoms with van der Waals surface area (Å²) in [4.78, 5) is 10.6. The highest BCUT2D eigenvalue weighted by molar-refractivity contribution is 5.84. The number of carbonyl (C=O) groups is 1. The first kappa shape index (κ1) is 13.1. The van der Waals surface area contributed by atoms with Crippen LogP contribution in [0.25, 0.3) is 0 Å². The number of carboxylic acid groups (broad SMARTS) is 1. The Kier molecular flexibility index (Phi) is 3.50. The maximum Gasteiger partial charge on any atom is 0.358 e. The molecule has 102 valence electrons. The minimum atomic E-state index is -1.09. The number of aromatic nitrogens is 5. The Hall–Kier alpha value is -2.38. The molecule has 19 heavy (non-hydrogen) atoms. The summed E-state index contributed by atoms with van der Waals surface area (Å²) < 4.78 is 8.83. The Morgan fingerprint density at radius 3 is 2.74 bits per heavy atom. The molecule has 2 aromatic rings. The van der Waals surface area contributed by atoms with E-state index in [1.165, 1.54) is 10.9 Å². The lowest BCUT2D eigenvalue weighted by atomic mass is 10.3. The minimum absolute atomic E-state index is 0.0752. The van der Waals surface area contributed by atoms with Gasteiger partial charge in [-0.15, -0.1) is 5.10 Å². The van der Waals surface area contributed by atoms with E-state index in [-0.39, 0.29) is 5.69 Å². The molecule has 0 unspecified atom stereocenters. The fraction of sp³-hybridized carbons (Fsp3) is 0.455. The lowest BCUT2D eigenvalue weighted by Gasteiger charge is -2.05. The summed E-state index contributed by atoms with van der Waals surface area (Å²) in [5.74, 6) is -0.341. The molecular formula is C11H15N5O3. The standard InChI is InChI=1S/C11H15N5O3/c1-7-10(8(2)15(3)13-7)19-5-4-16-6-9(11(17)18)12-14-16/h6H,4-5H2,1-3H3,(H,17,18). The lowest BCUT2D eigenvalue weighted by Crippen LogP contribution is -2.09. The van der Waals surface area contributed by atoms with Crippen molar-refractivity contribution in [2.24, 2.45) is 7.05 Å². The normalized spacial score (nSPS) is 10.7. The first-order chi connectivity index (χ1) is 8.99. The molecule has 0 radical (unpaired) electrons. The van der Waals surface area contributed by atoms with E-state index in [4.69, 9.17) is 9.84 Å². The molecule has 0 spiro atoms. The number of rotatable bonds is 5. The van der Waals surface area contributed by atoms with Crippen LogP contribution in [0.4, 0.5) is 0 Å². The van der Waals surface area contributed by atoms with Crippen LogP contribution in [0.15, 0.2) is 6.20 Å². The number of aromatic carboxylic acids is 1. The van der Waals surface area contributed by atoms with E-state index in [0.717, 1.165) is 17.1 Å². The first-order valence-corrected chi connectivity index (χ1v) is 5.75. The molecule has 0 aliphatic rings. The van der Waals surface area contributed by atoms with Crippen molar-refractivity contribution in [2.45, 2.75) is 20.4 Å². The van der Waals surface area contributed by atoms with Crippen molar-refractivity contribution in [1.82, 2.24) is 24.8 Å². The summed E-state index contributed by atoms with van der Waals surface area (Å²) in [6, 6.07) is 0. The second kappa shape index (κ2) is 5.09. The van der Waals surface area contributed by atoms with Crippen LogP contribution in [0, 0.1) is 13.8 Å². The molecule has 1 N–H and O–H groups in total. The molecule has 0 saturated carbocycles. The van der Waals surface area contributed by atoms with E-state index >= 15 is 0 Å². The van der Waals surface area contributed by atoms with Crippen molar-refractivity contribution < 1.29 is 14.6 Å². The zero-order valence-electron chi connectivity index (χ0n) is 11.0. The number of nitrogens with zero attached hydrogens (tertiary/aromatic N) is 5. The molecule has 0 aliphatic heterocycles. The van der Waals surface area contributed by atoms with Gasteiger partial charge in [-0.05, 0) is 13.8 Å². The number of hydrogen-bond acceptors (Lipinski definition) is 5. The fourth-order valence-electron chi connectivity index (χ4n) is 1.71. The average molecular weight is 265 g/mol. The van der Waals surface area contributed by atoms with Gasteiger partial charge in [0.05, 0.1) is 18.4 Å². The maximum atomic E-state index is 10.6. The number of ether oxygens (including phenoxy) is 1. The third-order valence-electron chi connectivity index (χ3n) is 2.77. The van der Waals surface area contributed by atoms with Crippen LogP contribution in [0.3, 0.4) is 0 Å². The van der Waals surface area contributed by atoms with Crippen molar-refractivity contribution in [3.63, 3.8) is 0 Å². The molecule has 2 rings (SSSR count). The summed E-state index contributed by atoms with van der Waals surface area (Å²) in [5.41, 5.74) is 1.70. The van der Waals surface area contributed by atoms with Gasteiger partial charge in [-0.2, -0.15) is 5.10 Å². The van der Waals surface area contributed by atoms with Crippen LogP contribution in [0.5, 0.6) is 5.75 Å². The van der Waals surface area contributed by atoms with E-state index in [1.807, 2.05) is 20.9 Å². The second-order valence-electron chi connectivity index (χ2n) is 4.14. The van der Waals surface area contributed by atoms with E-state index in [0.29, 0.717) is 13.2 Å².